The van der Waals surface area contributed by atoms with Gasteiger partial charge in [-0.1, -0.05) is 29.8 Å². The van der Waals surface area contributed by atoms with E-state index in [-0.39, 0.29) is 0 Å². The predicted octanol–water partition coefficient (Wildman–Crippen LogP) is 3.76. The Balaban J connectivity index is 1.91. The number of hydrogen-bond acceptors (Lipinski definition) is 5. The van der Waals surface area contributed by atoms with Crippen LogP contribution < -0.4 is 4.74 Å². The van der Waals surface area contributed by atoms with Crippen LogP contribution in [0.3, 0.4) is 0 Å². The molecule has 0 spiro atoms. The van der Waals surface area contributed by atoms with Crippen molar-refractivity contribution in [3.8, 4) is 28.9 Å². The zero-order valence-electron chi connectivity index (χ0n) is 13.4. The largest absolute Gasteiger partial charge is 0.464 e. The van der Waals surface area contributed by atoms with Gasteiger partial charge < -0.3 is 9.15 Å². The third-order valence-corrected chi connectivity index (χ3v) is 3.67. The second-order valence-corrected chi connectivity index (χ2v) is 5.41. The fourth-order valence-corrected chi connectivity index (χ4v) is 2.49. The van der Waals surface area contributed by atoms with Crippen LogP contribution in [0.5, 0.6) is 6.01 Å². The fourth-order valence-electron chi connectivity index (χ4n) is 2.49. The van der Waals surface area contributed by atoms with Crippen molar-refractivity contribution in [2.45, 2.75) is 13.8 Å². The molecule has 24 heavy (non-hydrogen) atoms. The molecule has 3 heterocycles. The van der Waals surface area contributed by atoms with Crippen LogP contribution in [0.4, 0.5) is 0 Å². The summed E-state index contributed by atoms with van der Waals surface area (Å²) in [5, 5.41) is 4.65. The summed E-state index contributed by atoms with van der Waals surface area (Å²) in [5.41, 5.74) is 3.72. The van der Waals surface area contributed by atoms with E-state index in [2.05, 4.69) is 34.1 Å². The molecule has 0 aliphatic heterocycles. The third-order valence-electron chi connectivity index (χ3n) is 3.67. The number of aryl methyl sites for hydroxylation is 1. The average Bonchev–Trinajstić information content (AvgIpc) is 3.24. The minimum Gasteiger partial charge on any atom is -0.464 e. The van der Waals surface area contributed by atoms with Gasteiger partial charge in [-0.3, -0.25) is 0 Å². The lowest BCUT2D eigenvalue weighted by atomic mass is 10.1. The van der Waals surface area contributed by atoms with Crippen molar-refractivity contribution in [1.82, 2.24) is 19.6 Å². The summed E-state index contributed by atoms with van der Waals surface area (Å²) in [5.74, 6) is 1.17. The first-order chi connectivity index (χ1) is 11.7. The Kier molecular flexibility index (Phi) is 3.49. The molecule has 0 saturated carbocycles. The van der Waals surface area contributed by atoms with Crippen LogP contribution in [0.15, 0.2) is 53.1 Å². The van der Waals surface area contributed by atoms with E-state index in [1.54, 1.807) is 10.8 Å². The molecular weight excluding hydrogens is 304 g/mol. The van der Waals surface area contributed by atoms with Gasteiger partial charge in [0.25, 0.3) is 0 Å². The Morgan fingerprint density at radius 2 is 1.96 bits per heavy atom. The summed E-state index contributed by atoms with van der Waals surface area (Å²) in [6.45, 7) is 4.45. The highest BCUT2D eigenvalue weighted by molar-refractivity contribution is 5.66. The van der Waals surface area contributed by atoms with Gasteiger partial charge in [0.1, 0.15) is 0 Å². The third kappa shape index (κ3) is 2.52. The molecule has 0 saturated heterocycles. The maximum atomic E-state index is 5.48. The van der Waals surface area contributed by atoms with Gasteiger partial charge in [0.15, 0.2) is 11.4 Å². The maximum absolute atomic E-state index is 5.48. The van der Waals surface area contributed by atoms with Gasteiger partial charge in [-0.2, -0.15) is 19.6 Å². The first-order valence-corrected chi connectivity index (χ1v) is 7.76. The van der Waals surface area contributed by atoms with Gasteiger partial charge in [0, 0.05) is 11.6 Å². The van der Waals surface area contributed by atoms with E-state index < -0.39 is 0 Å². The lowest BCUT2D eigenvalue weighted by Crippen LogP contribution is -2.04. The predicted molar refractivity (Wildman–Crippen MR) is 89.8 cm³/mol. The number of furan rings is 1. The van der Waals surface area contributed by atoms with Crippen molar-refractivity contribution < 1.29 is 9.15 Å². The minimum atomic E-state index is 0.312. The second kappa shape index (κ2) is 5.81. The normalized spacial score (nSPS) is 11.1. The van der Waals surface area contributed by atoms with E-state index in [4.69, 9.17) is 9.15 Å². The molecule has 0 amide bonds. The van der Waals surface area contributed by atoms with Crippen LogP contribution in [0.1, 0.15) is 12.5 Å². The molecule has 0 unspecified atom stereocenters. The molecule has 6 nitrogen and oxygen atoms in total. The Morgan fingerprint density at radius 1 is 1.12 bits per heavy atom. The smallest absolute Gasteiger partial charge is 0.320 e. The van der Waals surface area contributed by atoms with Gasteiger partial charge in [-0.05, 0) is 26.0 Å². The molecule has 0 N–H and O–H groups in total. The van der Waals surface area contributed by atoms with Crippen LogP contribution in [-0.2, 0) is 0 Å². The monoisotopic (exact) mass is 320 g/mol. The van der Waals surface area contributed by atoms with E-state index in [1.165, 1.54) is 5.56 Å². The second-order valence-electron chi connectivity index (χ2n) is 5.41. The van der Waals surface area contributed by atoms with E-state index in [1.807, 2.05) is 37.3 Å². The molecular formula is C18H16N4O2. The van der Waals surface area contributed by atoms with Crippen LogP contribution in [0.25, 0.3) is 28.5 Å². The van der Waals surface area contributed by atoms with Gasteiger partial charge in [-0.25, -0.2) is 0 Å². The SMILES string of the molecule is CCOc1nc(-c2ccco2)n2nc(-c3ccc(C)cc3)cc2n1. The van der Waals surface area contributed by atoms with Gasteiger partial charge in [0.2, 0.25) is 5.82 Å². The molecule has 0 fully saturated rings. The number of rotatable bonds is 4. The van der Waals surface area contributed by atoms with Gasteiger partial charge in [0.05, 0.1) is 18.6 Å². The quantitative estimate of drug-likeness (QED) is 0.573. The summed E-state index contributed by atoms with van der Waals surface area (Å²) >= 11 is 0. The zero-order chi connectivity index (χ0) is 16.5. The van der Waals surface area contributed by atoms with E-state index in [9.17, 15) is 0 Å². The average molecular weight is 320 g/mol. The Bertz CT molecular complexity index is 972. The van der Waals surface area contributed by atoms with Gasteiger partial charge >= 0.3 is 6.01 Å². The van der Waals surface area contributed by atoms with Crippen molar-refractivity contribution >= 4 is 5.65 Å². The zero-order valence-corrected chi connectivity index (χ0v) is 13.4. The molecule has 4 aromatic rings. The summed E-state index contributed by atoms with van der Waals surface area (Å²) in [6, 6.07) is 14.1. The Hall–Kier alpha value is -3.15. The highest BCUT2D eigenvalue weighted by atomic mass is 16.5. The number of fused-ring (bicyclic) bond motifs is 1. The number of benzene rings is 1. The number of nitrogens with zero attached hydrogens (tertiary/aromatic N) is 4. The van der Waals surface area contributed by atoms with E-state index in [0.717, 1.165) is 11.3 Å². The van der Waals surface area contributed by atoms with Crippen LogP contribution in [0.2, 0.25) is 0 Å². The summed E-state index contributed by atoms with van der Waals surface area (Å²) in [7, 11) is 0. The van der Waals surface area contributed by atoms with Crippen molar-refractivity contribution in [3.63, 3.8) is 0 Å². The Labute approximate surface area is 138 Å². The summed E-state index contributed by atoms with van der Waals surface area (Å²) in [4.78, 5) is 8.85. The molecule has 0 aliphatic rings. The molecule has 3 aromatic heterocycles. The minimum absolute atomic E-state index is 0.312. The number of hydrogen-bond donors (Lipinski definition) is 0. The fraction of sp³-hybridized carbons (Fsp3) is 0.167. The topological polar surface area (TPSA) is 65.5 Å². The highest BCUT2D eigenvalue weighted by Crippen LogP contribution is 2.25. The summed E-state index contributed by atoms with van der Waals surface area (Å²) < 4.78 is 12.6. The van der Waals surface area contributed by atoms with Crippen LogP contribution in [0, 0.1) is 6.92 Å². The first kappa shape index (κ1) is 14.4. The number of ether oxygens (including phenoxy) is 1. The molecule has 0 atom stereocenters. The van der Waals surface area contributed by atoms with E-state index in [0.29, 0.717) is 29.8 Å². The van der Waals surface area contributed by atoms with Gasteiger partial charge in [-0.15, -0.1) is 0 Å². The molecule has 0 aliphatic carbocycles. The molecule has 0 radical (unpaired) electrons. The molecule has 6 heteroatoms. The molecule has 0 bridgehead atoms. The van der Waals surface area contributed by atoms with Crippen molar-refractivity contribution in [1.29, 1.82) is 0 Å². The molecule has 4 rings (SSSR count). The Morgan fingerprint density at radius 3 is 2.67 bits per heavy atom. The van der Waals surface area contributed by atoms with Crippen LogP contribution in [-0.4, -0.2) is 26.2 Å². The van der Waals surface area contributed by atoms with Crippen molar-refractivity contribution in [2.75, 3.05) is 6.61 Å². The molecule has 1 aromatic carbocycles. The highest BCUT2D eigenvalue weighted by Gasteiger charge is 2.16. The van der Waals surface area contributed by atoms with Crippen molar-refractivity contribution in [3.05, 3.63) is 54.3 Å². The van der Waals surface area contributed by atoms with E-state index >= 15 is 0 Å². The molecule has 120 valence electrons. The summed E-state index contributed by atoms with van der Waals surface area (Å²) in [6.07, 6.45) is 1.61. The lowest BCUT2D eigenvalue weighted by Gasteiger charge is -2.04. The van der Waals surface area contributed by atoms with Crippen molar-refractivity contribution in [2.24, 2.45) is 0 Å². The maximum Gasteiger partial charge on any atom is 0.320 e. The lowest BCUT2D eigenvalue weighted by molar-refractivity contribution is 0.312. The standard InChI is InChI=1S/C18H16N4O2/c1-3-23-18-19-16-11-14(13-8-6-12(2)7-9-13)21-22(16)17(20-18)15-5-4-10-24-15/h4-11H,3H2,1-2H3. The van der Waals surface area contributed by atoms with Crippen LogP contribution >= 0.6 is 0 Å². The number of aromatic nitrogens is 4. The first-order valence-electron chi connectivity index (χ1n) is 7.76.